The summed E-state index contributed by atoms with van der Waals surface area (Å²) >= 11 is 0. The van der Waals surface area contributed by atoms with Crippen molar-refractivity contribution in [3.8, 4) is 0 Å². The number of hydrogen-bond acceptors (Lipinski definition) is 1. The van der Waals surface area contributed by atoms with E-state index in [1.54, 1.807) is 0 Å². The molecule has 0 spiro atoms. The van der Waals surface area contributed by atoms with Gasteiger partial charge in [-0.3, -0.25) is 0 Å². The molecule has 0 bridgehead atoms. The summed E-state index contributed by atoms with van der Waals surface area (Å²) in [5.41, 5.74) is 1.40. The van der Waals surface area contributed by atoms with E-state index in [2.05, 4.69) is 44.2 Å². The Bertz CT molecular complexity index is 331. The molecule has 3 unspecified atom stereocenters. The lowest BCUT2D eigenvalue weighted by molar-refractivity contribution is 0.134. The molecular weight excluding hydrogens is 208 g/mol. The molecule has 2 rings (SSSR count). The molecule has 1 heteroatoms. The minimum absolute atomic E-state index is 0.0843. The van der Waals surface area contributed by atoms with Crippen molar-refractivity contribution in [1.29, 1.82) is 0 Å². The zero-order valence-electron chi connectivity index (χ0n) is 11.0. The van der Waals surface area contributed by atoms with Gasteiger partial charge in [-0.2, -0.15) is 0 Å². The molecule has 0 amide bonds. The van der Waals surface area contributed by atoms with Crippen molar-refractivity contribution in [2.75, 3.05) is 0 Å². The highest BCUT2D eigenvalue weighted by Crippen LogP contribution is 2.50. The van der Waals surface area contributed by atoms with Crippen molar-refractivity contribution in [3.05, 3.63) is 35.9 Å². The normalized spacial score (nSPS) is 24.9. The van der Waals surface area contributed by atoms with Crippen molar-refractivity contribution in [2.24, 2.45) is 11.8 Å². The number of aliphatic hydroxyl groups is 1. The summed E-state index contributed by atoms with van der Waals surface area (Å²) in [5, 5.41) is 10.1. The minimum Gasteiger partial charge on any atom is -0.393 e. The van der Waals surface area contributed by atoms with Gasteiger partial charge < -0.3 is 5.11 Å². The van der Waals surface area contributed by atoms with E-state index in [9.17, 15) is 5.11 Å². The monoisotopic (exact) mass is 232 g/mol. The van der Waals surface area contributed by atoms with Crippen LogP contribution in [0.3, 0.4) is 0 Å². The lowest BCUT2D eigenvalue weighted by Crippen LogP contribution is -2.10. The predicted molar refractivity (Wildman–Crippen MR) is 72.0 cm³/mol. The second kappa shape index (κ2) is 5.68. The Morgan fingerprint density at radius 1 is 1.18 bits per heavy atom. The standard InChI is InChI=1S/C16H24O/c1-12(2)7-6-10-16(17)15-11-14(15)13-8-4-3-5-9-13/h3-5,8-9,12,14-17H,6-7,10-11H2,1-2H3. The SMILES string of the molecule is CC(C)CCCC(O)C1CC1c1ccccc1. The van der Waals surface area contributed by atoms with Crippen LogP contribution in [-0.4, -0.2) is 11.2 Å². The molecule has 1 aromatic carbocycles. The van der Waals surface area contributed by atoms with Gasteiger partial charge in [0.15, 0.2) is 0 Å². The zero-order valence-corrected chi connectivity index (χ0v) is 11.0. The number of rotatable bonds is 6. The van der Waals surface area contributed by atoms with E-state index < -0.39 is 0 Å². The predicted octanol–water partition coefficient (Wildman–Crippen LogP) is 3.98. The van der Waals surface area contributed by atoms with E-state index in [0.29, 0.717) is 11.8 Å². The van der Waals surface area contributed by atoms with Gasteiger partial charge in [0, 0.05) is 0 Å². The number of aliphatic hydroxyl groups excluding tert-OH is 1. The Balaban J connectivity index is 1.75. The molecule has 0 aromatic heterocycles. The summed E-state index contributed by atoms with van der Waals surface area (Å²) in [6.45, 7) is 4.49. The summed E-state index contributed by atoms with van der Waals surface area (Å²) in [5.74, 6) is 1.89. The first kappa shape index (κ1) is 12.6. The Morgan fingerprint density at radius 3 is 2.53 bits per heavy atom. The average Bonchev–Trinajstić information content (AvgIpc) is 3.09. The molecule has 17 heavy (non-hydrogen) atoms. The third kappa shape index (κ3) is 3.57. The van der Waals surface area contributed by atoms with Crippen molar-refractivity contribution >= 4 is 0 Å². The Hall–Kier alpha value is -0.820. The van der Waals surface area contributed by atoms with Crippen LogP contribution in [-0.2, 0) is 0 Å². The van der Waals surface area contributed by atoms with E-state index >= 15 is 0 Å². The van der Waals surface area contributed by atoms with Gasteiger partial charge in [0.1, 0.15) is 0 Å². The molecule has 3 atom stereocenters. The van der Waals surface area contributed by atoms with Crippen LogP contribution in [0.25, 0.3) is 0 Å². The van der Waals surface area contributed by atoms with Gasteiger partial charge >= 0.3 is 0 Å². The summed E-state index contributed by atoms with van der Waals surface area (Å²) in [6.07, 6.45) is 4.47. The highest BCUT2D eigenvalue weighted by atomic mass is 16.3. The second-order valence-electron chi connectivity index (χ2n) is 5.81. The van der Waals surface area contributed by atoms with E-state index in [4.69, 9.17) is 0 Å². The van der Waals surface area contributed by atoms with Crippen LogP contribution in [0.4, 0.5) is 0 Å². The molecule has 0 saturated heterocycles. The van der Waals surface area contributed by atoms with Crippen LogP contribution >= 0.6 is 0 Å². The van der Waals surface area contributed by atoms with Crippen molar-refractivity contribution in [2.45, 2.75) is 51.6 Å². The van der Waals surface area contributed by atoms with Gasteiger partial charge in [-0.1, -0.05) is 57.0 Å². The molecule has 1 fully saturated rings. The average molecular weight is 232 g/mol. The molecule has 0 radical (unpaired) electrons. The maximum Gasteiger partial charge on any atom is 0.0574 e. The maximum absolute atomic E-state index is 10.1. The van der Waals surface area contributed by atoms with Gasteiger partial charge in [-0.15, -0.1) is 0 Å². The molecule has 1 N–H and O–H groups in total. The summed E-state index contributed by atoms with van der Waals surface area (Å²) in [4.78, 5) is 0. The van der Waals surface area contributed by atoms with Crippen LogP contribution < -0.4 is 0 Å². The molecule has 1 nitrogen and oxygen atoms in total. The van der Waals surface area contributed by atoms with Gasteiger partial charge in [-0.05, 0) is 36.2 Å². The van der Waals surface area contributed by atoms with E-state index in [1.165, 1.54) is 18.4 Å². The van der Waals surface area contributed by atoms with Crippen LogP contribution in [0.15, 0.2) is 30.3 Å². The summed E-state index contributed by atoms with van der Waals surface area (Å²) in [7, 11) is 0. The molecule has 1 aromatic rings. The summed E-state index contributed by atoms with van der Waals surface area (Å²) < 4.78 is 0. The third-order valence-corrected chi connectivity index (χ3v) is 3.84. The third-order valence-electron chi connectivity index (χ3n) is 3.84. The molecule has 1 aliphatic rings. The van der Waals surface area contributed by atoms with Gasteiger partial charge in [-0.25, -0.2) is 0 Å². The van der Waals surface area contributed by atoms with Crippen LogP contribution in [0.2, 0.25) is 0 Å². The molecule has 1 saturated carbocycles. The quantitative estimate of drug-likeness (QED) is 0.786. The summed E-state index contributed by atoms with van der Waals surface area (Å²) in [6, 6.07) is 10.6. The molecule has 94 valence electrons. The molecule has 0 aliphatic heterocycles. The second-order valence-corrected chi connectivity index (χ2v) is 5.81. The lowest BCUT2D eigenvalue weighted by Gasteiger charge is -2.11. The van der Waals surface area contributed by atoms with Crippen LogP contribution in [0.1, 0.15) is 51.0 Å². The molecular formula is C16H24O. The fraction of sp³-hybridized carbons (Fsp3) is 0.625. The largest absolute Gasteiger partial charge is 0.393 e. The van der Waals surface area contributed by atoms with Gasteiger partial charge in [0.2, 0.25) is 0 Å². The zero-order chi connectivity index (χ0) is 12.3. The first-order valence-electron chi connectivity index (χ1n) is 6.91. The van der Waals surface area contributed by atoms with E-state index in [-0.39, 0.29) is 6.10 Å². The lowest BCUT2D eigenvalue weighted by atomic mass is 10.00. The fourth-order valence-electron chi connectivity index (χ4n) is 2.67. The highest BCUT2D eigenvalue weighted by Gasteiger charge is 2.42. The van der Waals surface area contributed by atoms with Gasteiger partial charge in [0.25, 0.3) is 0 Å². The van der Waals surface area contributed by atoms with Crippen molar-refractivity contribution in [3.63, 3.8) is 0 Å². The first-order valence-corrected chi connectivity index (χ1v) is 6.91. The number of hydrogen-bond donors (Lipinski definition) is 1. The van der Waals surface area contributed by atoms with Crippen molar-refractivity contribution < 1.29 is 5.11 Å². The van der Waals surface area contributed by atoms with Crippen LogP contribution in [0, 0.1) is 11.8 Å². The minimum atomic E-state index is -0.0843. The van der Waals surface area contributed by atoms with Gasteiger partial charge in [0.05, 0.1) is 6.10 Å². The fourth-order valence-corrected chi connectivity index (χ4v) is 2.67. The highest BCUT2D eigenvalue weighted by molar-refractivity contribution is 5.26. The topological polar surface area (TPSA) is 20.2 Å². The Kier molecular flexibility index (Phi) is 4.22. The molecule has 1 aliphatic carbocycles. The maximum atomic E-state index is 10.1. The van der Waals surface area contributed by atoms with Crippen molar-refractivity contribution in [1.82, 2.24) is 0 Å². The number of benzene rings is 1. The molecule has 0 heterocycles. The first-order chi connectivity index (χ1) is 8.18. The Morgan fingerprint density at radius 2 is 1.88 bits per heavy atom. The van der Waals surface area contributed by atoms with E-state index in [0.717, 1.165) is 18.8 Å². The smallest absolute Gasteiger partial charge is 0.0574 e. The Labute approximate surface area is 105 Å². The van der Waals surface area contributed by atoms with Crippen LogP contribution in [0.5, 0.6) is 0 Å². The van der Waals surface area contributed by atoms with E-state index in [1.807, 2.05) is 0 Å².